The first kappa shape index (κ1) is 34.1. The Morgan fingerprint density at radius 3 is 2.38 bits per heavy atom. The minimum atomic E-state index is -4.86. The average molecular weight is 610 g/mol. The van der Waals surface area contributed by atoms with Crippen molar-refractivity contribution < 1.29 is 47.2 Å². The number of aliphatic carboxylic acids is 2. The van der Waals surface area contributed by atoms with Gasteiger partial charge in [-0.1, -0.05) is 5.16 Å². The van der Waals surface area contributed by atoms with Crippen molar-refractivity contribution in [3.63, 3.8) is 0 Å². The Morgan fingerprint density at radius 2 is 1.88 bits per heavy atom. The summed E-state index contributed by atoms with van der Waals surface area (Å²) in [6, 6.07) is -4.37. The number of guanidine groups is 1. The molecule has 3 atom stereocenters. The summed E-state index contributed by atoms with van der Waals surface area (Å²) in [5, 5.41) is 27.3. The van der Waals surface area contributed by atoms with Gasteiger partial charge in [0.25, 0.3) is 11.8 Å². The van der Waals surface area contributed by atoms with Gasteiger partial charge in [-0.3, -0.25) is 29.2 Å². The van der Waals surface area contributed by atoms with Gasteiger partial charge in [0.1, 0.15) is 17.8 Å². The molecule has 19 nitrogen and oxygen atoms in total. The van der Waals surface area contributed by atoms with Gasteiger partial charge in [0.15, 0.2) is 16.8 Å². The zero-order valence-electron chi connectivity index (χ0n) is 21.5. The molecule has 0 aliphatic heterocycles. The third-order valence-corrected chi connectivity index (χ3v) is 6.13. The Hall–Kier alpha value is -3.92. The van der Waals surface area contributed by atoms with E-state index in [0.717, 1.165) is 32.1 Å². The SMILES string of the molecule is C[C@H](NS(=O)(=O)O)[C@H](NC(=O)/C(=N\OC(C)(C)C(=O)O)c1csc(N)n1)C(=O)NC(N)=NCCC[C@H](N)C(=O)O. The topological polar surface area (TPSA) is 324 Å². The molecule has 0 saturated carbocycles. The van der Waals surface area contributed by atoms with Gasteiger partial charge in [0.05, 0.1) is 6.04 Å². The Kier molecular flexibility index (Phi) is 12.3. The zero-order valence-corrected chi connectivity index (χ0v) is 23.2. The number of carbonyl (C=O) groups is 4. The number of carboxylic acids is 2. The van der Waals surface area contributed by atoms with E-state index in [1.807, 2.05) is 0 Å². The van der Waals surface area contributed by atoms with E-state index in [0.29, 0.717) is 0 Å². The number of nitrogens with one attached hydrogen (secondary N) is 3. The number of hydrogen-bond donors (Lipinski definition) is 9. The molecule has 0 aromatic carbocycles. The van der Waals surface area contributed by atoms with Crippen LogP contribution in [-0.2, 0) is 34.3 Å². The molecule has 0 spiro atoms. The number of nitrogens with zero attached hydrogens (tertiary/aromatic N) is 3. The summed E-state index contributed by atoms with van der Waals surface area (Å²) in [5.41, 5.74) is 14.0. The number of amides is 2. The first-order valence-corrected chi connectivity index (χ1v) is 13.5. The van der Waals surface area contributed by atoms with Crippen LogP contribution in [0.15, 0.2) is 15.5 Å². The molecule has 0 saturated heterocycles. The highest BCUT2D eigenvalue weighted by Crippen LogP contribution is 2.15. The molecule has 1 aromatic heterocycles. The van der Waals surface area contributed by atoms with Crippen molar-refractivity contribution in [3.8, 4) is 0 Å². The molecule has 2 amide bonds. The molecule has 0 aliphatic rings. The molecule has 40 heavy (non-hydrogen) atoms. The van der Waals surface area contributed by atoms with E-state index >= 15 is 0 Å². The third kappa shape index (κ3) is 11.4. The minimum absolute atomic E-state index is 0.0111. The first-order valence-electron chi connectivity index (χ1n) is 11.2. The monoisotopic (exact) mass is 609 g/mol. The van der Waals surface area contributed by atoms with Crippen LogP contribution in [0, 0.1) is 0 Å². The van der Waals surface area contributed by atoms with Gasteiger partial charge in [-0.25, -0.2) is 9.78 Å². The molecule has 1 rings (SSSR count). The van der Waals surface area contributed by atoms with E-state index in [1.54, 1.807) is 4.72 Å². The zero-order chi connectivity index (χ0) is 30.8. The van der Waals surface area contributed by atoms with E-state index in [4.69, 9.17) is 27.1 Å². The summed E-state index contributed by atoms with van der Waals surface area (Å²) in [6.45, 7) is 3.40. The number of thiazole rings is 1. The lowest BCUT2D eigenvalue weighted by atomic mass is 10.1. The number of anilines is 1. The van der Waals surface area contributed by atoms with Crippen molar-refractivity contribution >= 4 is 62.2 Å². The maximum Gasteiger partial charge on any atom is 0.350 e. The lowest BCUT2D eigenvalue weighted by Gasteiger charge is -2.24. The smallest absolute Gasteiger partial charge is 0.350 e. The van der Waals surface area contributed by atoms with Crippen LogP contribution in [0.1, 0.15) is 39.3 Å². The first-order chi connectivity index (χ1) is 18.3. The largest absolute Gasteiger partial charge is 0.480 e. The van der Waals surface area contributed by atoms with Crippen LogP contribution in [0.5, 0.6) is 0 Å². The van der Waals surface area contributed by atoms with Crippen LogP contribution < -0.4 is 32.6 Å². The van der Waals surface area contributed by atoms with Crippen molar-refractivity contribution in [2.24, 2.45) is 21.6 Å². The molecule has 1 aromatic rings. The summed E-state index contributed by atoms with van der Waals surface area (Å²) in [5.74, 6) is -5.35. The maximum absolute atomic E-state index is 13.2. The average Bonchev–Trinajstić information content (AvgIpc) is 3.24. The fourth-order valence-corrected chi connectivity index (χ4v) is 3.76. The van der Waals surface area contributed by atoms with Crippen molar-refractivity contribution in [3.05, 3.63) is 11.1 Å². The highest BCUT2D eigenvalue weighted by atomic mass is 32.2. The molecule has 0 aliphatic carbocycles. The molecule has 21 heteroatoms. The van der Waals surface area contributed by atoms with Gasteiger partial charge in [-0.05, 0) is 33.6 Å². The number of carbonyl (C=O) groups excluding carboxylic acids is 2. The van der Waals surface area contributed by atoms with E-state index in [-0.39, 0.29) is 30.2 Å². The molecule has 1 heterocycles. The van der Waals surface area contributed by atoms with Gasteiger partial charge in [-0.2, -0.15) is 13.1 Å². The molecule has 0 radical (unpaired) electrons. The standard InChI is InChI=1S/C19H31N9O10S2/c1-8(28-40(35,36)37)11(13(29)26-17(21)23-6-4-5-9(20)15(31)32)25-14(30)12(10-7-39-18(22)24-10)27-38-19(2,3)16(33)34/h7-9,11,28H,4-6,20H2,1-3H3,(H2,22,24)(H,25,30)(H,31,32)(H,33,34)(H,35,36,37)(H3,21,23,26,29)/b27-12-/t8-,9-,11-/m0/s1. The number of nitrogens with two attached hydrogens (primary N) is 3. The maximum atomic E-state index is 13.2. The normalized spacial score (nSPS) is 15.0. The predicted octanol–water partition coefficient (Wildman–Crippen LogP) is -2.80. The van der Waals surface area contributed by atoms with Crippen LogP contribution in [0.25, 0.3) is 0 Å². The van der Waals surface area contributed by atoms with Gasteiger partial charge < -0.3 is 37.6 Å². The Bertz CT molecular complexity index is 1260. The van der Waals surface area contributed by atoms with Crippen LogP contribution in [-0.4, -0.2) is 93.9 Å². The van der Waals surface area contributed by atoms with Crippen LogP contribution in [0.2, 0.25) is 0 Å². The fourth-order valence-electron chi connectivity index (χ4n) is 2.61. The quantitative estimate of drug-likeness (QED) is 0.0319. The van der Waals surface area contributed by atoms with Crippen molar-refractivity contribution in [2.75, 3.05) is 12.3 Å². The Labute approximate surface area is 232 Å². The summed E-state index contributed by atoms with van der Waals surface area (Å²) >= 11 is 0.908. The van der Waals surface area contributed by atoms with Crippen molar-refractivity contribution in [2.45, 2.75) is 57.3 Å². The molecule has 0 bridgehead atoms. The van der Waals surface area contributed by atoms with Gasteiger partial charge in [0.2, 0.25) is 5.60 Å². The lowest BCUT2D eigenvalue weighted by Crippen LogP contribution is -2.60. The van der Waals surface area contributed by atoms with Crippen LogP contribution in [0.3, 0.4) is 0 Å². The van der Waals surface area contributed by atoms with E-state index in [2.05, 4.69) is 25.8 Å². The molecule has 0 fully saturated rings. The van der Waals surface area contributed by atoms with E-state index < -0.39 is 69.5 Å². The highest BCUT2D eigenvalue weighted by molar-refractivity contribution is 7.83. The predicted molar refractivity (Wildman–Crippen MR) is 141 cm³/mol. The number of aliphatic imine (C=N–C) groups is 1. The Morgan fingerprint density at radius 1 is 1.25 bits per heavy atom. The second-order valence-corrected chi connectivity index (χ2v) is 10.7. The molecule has 224 valence electrons. The van der Waals surface area contributed by atoms with E-state index in [1.165, 1.54) is 5.38 Å². The van der Waals surface area contributed by atoms with E-state index in [9.17, 15) is 37.3 Å². The number of rotatable bonds is 15. The molecular weight excluding hydrogens is 578 g/mol. The summed E-state index contributed by atoms with van der Waals surface area (Å²) in [4.78, 5) is 60.9. The van der Waals surface area contributed by atoms with Gasteiger partial charge >= 0.3 is 22.2 Å². The third-order valence-electron chi connectivity index (χ3n) is 4.79. The van der Waals surface area contributed by atoms with Gasteiger partial charge in [-0.15, -0.1) is 11.3 Å². The second-order valence-electron chi connectivity index (χ2n) is 8.59. The summed E-state index contributed by atoms with van der Waals surface area (Å²) in [7, 11) is -4.86. The fraction of sp³-hybridized carbons (Fsp3) is 0.526. The lowest BCUT2D eigenvalue weighted by molar-refractivity contribution is -0.161. The molecule has 12 N–H and O–H groups in total. The number of nitrogen functional groups attached to an aromatic ring is 1. The Balaban J connectivity index is 3.22. The highest BCUT2D eigenvalue weighted by Gasteiger charge is 2.34. The molecule has 0 unspecified atom stereocenters. The van der Waals surface area contributed by atoms with Gasteiger partial charge in [0, 0.05) is 11.9 Å². The number of carboxylic acid groups (broad SMARTS) is 2. The summed E-state index contributed by atoms with van der Waals surface area (Å²) < 4.78 is 33.6. The number of hydrogen-bond acceptors (Lipinski definition) is 13. The van der Waals surface area contributed by atoms with Crippen molar-refractivity contribution in [1.29, 1.82) is 0 Å². The molecular formula is C19H31N9O10S2. The number of oxime groups is 1. The van der Waals surface area contributed by atoms with Crippen molar-refractivity contribution in [1.82, 2.24) is 20.3 Å². The number of aromatic nitrogens is 1. The second kappa shape index (κ2) is 14.5. The van der Waals surface area contributed by atoms with Crippen LogP contribution in [0.4, 0.5) is 5.13 Å². The summed E-state index contributed by atoms with van der Waals surface area (Å²) in [6.07, 6.45) is 0.270. The van der Waals surface area contributed by atoms with Crippen LogP contribution >= 0.6 is 11.3 Å². The minimum Gasteiger partial charge on any atom is -0.480 e.